The summed E-state index contributed by atoms with van der Waals surface area (Å²) in [7, 11) is 0. The minimum atomic E-state index is -0.916. The van der Waals surface area contributed by atoms with Gasteiger partial charge in [0.25, 0.3) is 0 Å². The van der Waals surface area contributed by atoms with Crippen molar-refractivity contribution < 1.29 is 19.1 Å². The van der Waals surface area contributed by atoms with E-state index in [0.717, 1.165) is 12.8 Å². The fraction of sp³-hybridized carbons (Fsp3) is 0.560. The van der Waals surface area contributed by atoms with Crippen molar-refractivity contribution in [2.24, 2.45) is 5.41 Å². The summed E-state index contributed by atoms with van der Waals surface area (Å²) in [6, 6.07) is 5.75. The molecule has 1 unspecified atom stereocenters. The van der Waals surface area contributed by atoms with Crippen LogP contribution in [0, 0.1) is 5.41 Å². The SMILES string of the molecule is C=C1C(=O)C(Nc2ccc(C(=O)OCCCCCCCCC)cc2)C(=O)CC1(C)C. The Bertz CT molecular complexity index is 764. The van der Waals surface area contributed by atoms with Crippen LogP contribution >= 0.6 is 0 Å². The zero-order valence-corrected chi connectivity index (χ0v) is 18.6. The summed E-state index contributed by atoms with van der Waals surface area (Å²) in [5.74, 6) is -0.766. The first-order valence-electron chi connectivity index (χ1n) is 11.1. The second-order valence-corrected chi connectivity index (χ2v) is 8.78. The number of benzene rings is 1. The van der Waals surface area contributed by atoms with Crippen molar-refractivity contribution in [3.8, 4) is 0 Å². The van der Waals surface area contributed by atoms with Gasteiger partial charge in [0.2, 0.25) is 0 Å². The largest absolute Gasteiger partial charge is 0.462 e. The first-order valence-corrected chi connectivity index (χ1v) is 11.1. The number of rotatable bonds is 11. The molecule has 0 heterocycles. The highest BCUT2D eigenvalue weighted by Gasteiger charge is 2.42. The number of ketones is 2. The van der Waals surface area contributed by atoms with Gasteiger partial charge in [-0.25, -0.2) is 4.79 Å². The predicted octanol–water partition coefficient (Wildman–Crippen LogP) is 5.50. The summed E-state index contributed by atoms with van der Waals surface area (Å²) >= 11 is 0. The fourth-order valence-electron chi connectivity index (χ4n) is 3.62. The van der Waals surface area contributed by atoms with Crippen LogP contribution in [0.3, 0.4) is 0 Å². The average molecular weight is 414 g/mol. The van der Waals surface area contributed by atoms with E-state index in [0.29, 0.717) is 23.4 Å². The van der Waals surface area contributed by atoms with E-state index < -0.39 is 11.5 Å². The molecule has 0 bridgehead atoms. The monoisotopic (exact) mass is 413 g/mol. The molecule has 5 heteroatoms. The lowest BCUT2D eigenvalue weighted by Crippen LogP contribution is -2.47. The van der Waals surface area contributed by atoms with Gasteiger partial charge in [-0.2, -0.15) is 0 Å². The number of unbranched alkanes of at least 4 members (excludes halogenated alkanes) is 6. The Kier molecular flexibility index (Phi) is 8.82. The lowest BCUT2D eigenvalue weighted by Gasteiger charge is -2.34. The van der Waals surface area contributed by atoms with Crippen molar-refractivity contribution in [2.45, 2.75) is 78.2 Å². The molecular weight excluding hydrogens is 378 g/mol. The molecule has 5 nitrogen and oxygen atoms in total. The van der Waals surface area contributed by atoms with Crippen LogP contribution in [0.2, 0.25) is 0 Å². The van der Waals surface area contributed by atoms with Crippen molar-refractivity contribution in [1.29, 1.82) is 0 Å². The van der Waals surface area contributed by atoms with Gasteiger partial charge in [-0.05, 0) is 41.7 Å². The maximum absolute atomic E-state index is 12.5. The molecule has 1 N–H and O–H groups in total. The summed E-state index contributed by atoms with van der Waals surface area (Å²) in [5, 5.41) is 2.98. The number of hydrogen-bond donors (Lipinski definition) is 1. The Balaban J connectivity index is 1.79. The number of Topliss-reactive ketones (excluding diaryl/α,β-unsaturated/α-hetero) is 2. The number of ether oxygens (including phenoxy) is 1. The number of nitrogens with one attached hydrogen (secondary N) is 1. The van der Waals surface area contributed by atoms with Gasteiger partial charge >= 0.3 is 5.97 Å². The van der Waals surface area contributed by atoms with Crippen molar-refractivity contribution in [3.05, 3.63) is 42.0 Å². The van der Waals surface area contributed by atoms with Crippen LogP contribution in [0.5, 0.6) is 0 Å². The van der Waals surface area contributed by atoms with E-state index in [4.69, 9.17) is 4.74 Å². The molecule has 1 aliphatic rings. The van der Waals surface area contributed by atoms with E-state index in [2.05, 4.69) is 18.8 Å². The van der Waals surface area contributed by atoms with Gasteiger partial charge in [0.15, 0.2) is 11.6 Å². The summed E-state index contributed by atoms with van der Waals surface area (Å²) < 4.78 is 5.34. The molecule has 1 saturated carbocycles. The Morgan fingerprint density at radius 2 is 1.67 bits per heavy atom. The third-order valence-corrected chi connectivity index (χ3v) is 5.73. The molecule has 1 fully saturated rings. The van der Waals surface area contributed by atoms with Crippen LogP contribution in [0.25, 0.3) is 0 Å². The van der Waals surface area contributed by atoms with E-state index in [-0.39, 0.29) is 24.0 Å². The summed E-state index contributed by atoms with van der Waals surface area (Å²) in [6.07, 6.45) is 8.46. The van der Waals surface area contributed by atoms with Gasteiger partial charge < -0.3 is 10.1 Å². The Labute approximate surface area is 180 Å². The smallest absolute Gasteiger partial charge is 0.338 e. The van der Waals surface area contributed by atoms with Crippen LogP contribution in [-0.4, -0.2) is 30.2 Å². The molecule has 0 saturated heterocycles. The van der Waals surface area contributed by atoms with Gasteiger partial charge in [0.05, 0.1) is 12.2 Å². The van der Waals surface area contributed by atoms with Gasteiger partial charge in [-0.1, -0.05) is 65.9 Å². The molecule has 30 heavy (non-hydrogen) atoms. The van der Waals surface area contributed by atoms with Gasteiger partial charge in [-0.3, -0.25) is 9.59 Å². The zero-order chi connectivity index (χ0) is 22.1. The average Bonchev–Trinajstić information content (AvgIpc) is 2.71. The second-order valence-electron chi connectivity index (χ2n) is 8.78. The quantitative estimate of drug-likeness (QED) is 0.224. The minimum absolute atomic E-state index is 0.143. The molecule has 0 radical (unpaired) electrons. The zero-order valence-electron chi connectivity index (χ0n) is 18.6. The Hall–Kier alpha value is -2.43. The van der Waals surface area contributed by atoms with Gasteiger partial charge in [0, 0.05) is 12.1 Å². The predicted molar refractivity (Wildman–Crippen MR) is 120 cm³/mol. The molecule has 1 aromatic carbocycles. The van der Waals surface area contributed by atoms with Crippen LogP contribution in [0.15, 0.2) is 36.4 Å². The molecule has 164 valence electrons. The lowest BCUT2D eigenvalue weighted by molar-refractivity contribution is -0.130. The van der Waals surface area contributed by atoms with Crippen molar-refractivity contribution in [2.75, 3.05) is 11.9 Å². The number of hydrogen-bond acceptors (Lipinski definition) is 5. The third-order valence-electron chi connectivity index (χ3n) is 5.73. The second kappa shape index (κ2) is 11.1. The van der Waals surface area contributed by atoms with Crippen LogP contribution < -0.4 is 5.32 Å². The summed E-state index contributed by atoms with van der Waals surface area (Å²) in [6.45, 7) is 10.2. The first kappa shape index (κ1) is 23.8. The summed E-state index contributed by atoms with van der Waals surface area (Å²) in [4.78, 5) is 37.1. The molecule has 1 aromatic rings. The minimum Gasteiger partial charge on any atom is -0.462 e. The molecule has 1 aliphatic carbocycles. The molecule has 2 rings (SSSR count). The standard InChI is InChI=1S/C25H35NO4/c1-5-6-7-8-9-10-11-16-30-24(29)19-12-14-20(15-13-19)26-22-21(27)17-25(3,4)18(2)23(22)28/h12-15,22,26H,2,5-11,16-17H2,1,3-4H3. The highest BCUT2D eigenvalue weighted by molar-refractivity contribution is 6.18. The first-order chi connectivity index (χ1) is 14.3. The third kappa shape index (κ3) is 6.54. The molecule has 0 aromatic heterocycles. The van der Waals surface area contributed by atoms with E-state index in [1.54, 1.807) is 24.3 Å². The van der Waals surface area contributed by atoms with Gasteiger partial charge in [0.1, 0.15) is 6.04 Å². The number of carbonyl (C=O) groups excluding carboxylic acids is 3. The molecule has 0 amide bonds. The van der Waals surface area contributed by atoms with Crippen molar-refractivity contribution in [1.82, 2.24) is 0 Å². The topological polar surface area (TPSA) is 72.5 Å². The van der Waals surface area contributed by atoms with E-state index in [1.165, 1.54) is 32.1 Å². The van der Waals surface area contributed by atoms with Crippen LogP contribution in [0.1, 0.15) is 82.5 Å². The lowest BCUT2D eigenvalue weighted by atomic mass is 9.71. The van der Waals surface area contributed by atoms with Crippen molar-refractivity contribution >= 4 is 23.2 Å². The Morgan fingerprint density at radius 1 is 1.07 bits per heavy atom. The van der Waals surface area contributed by atoms with Crippen LogP contribution in [0.4, 0.5) is 5.69 Å². The fourth-order valence-corrected chi connectivity index (χ4v) is 3.62. The van der Waals surface area contributed by atoms with Crippen molar-refractivity contribution in [3.63, 3.8) is 0 Å². The highest BCUT2D eigenvalue weighted by Crippen LogP contribution is 2.36. The number of esters is 1. The molecule has 0 spiro atoms. The number of carbonyl (C=O) groups is 3. The Morgan fingerprint density at radius 3 is 2.30 bits per heavy atom. The van der Waals surface area contributed by atoms with Gasteiger partial charge in [-0.15, -0.1) is 0 Å². The molecule has 1 atom stereocenters. The number of anilines is 1. The van der Waals surface area contributed by atoms with E-state index in [1.807, 2.05) is 13.8 Å². The van der Waals surface area contributed by atoms with Crippen LogP contribution in [-0.2, 0) is 14.3 Å². The van der Waals surface area contributed by atoms with E-state index >= 15 is 0 Å². The normalized spacial score (nSPS) is 18.4. The highest BCUT2D eigenvalue weighted by atomic mass is 16.5. The summed E-state index contributed by atoms with van der Waals surface area (Å²) in [5.41, 5.74) is 1.02. The maximum atomic E-state index is 12.5. The molecule has 0 aliphatic heterocycles. The van der Waals surface area contributed by atoms with E-state index in [9.17, 15) is 14.4 Å². The molecular formula is C25H35NO4. The maximum Gasteiger partial charge on any atom is 0.338 e.